The smallest absolute Gasteiger partial charge is 0.446 e. The molecule has 1 saturated heterocycles. The van der Waals surface area contributed by atoms with Crippen molar-refractivity contribution in [3.05, 3.63) is 41.9 Å². The number of methoxy groups -OCH3 is 1. The van der Waals surface area contributed by atoms with Crippen LogP contribution in [-0.4, -0.2) is 84.6 Å². The highest BCUT2D eigenvalue weighted by Gasteiger charge is 2.27. The highest BCUT2D eigenvalue weighted by Crippen LogP contribution is 2.28. The average Bonchev–Trinajstić information content (AvgIpc) is 3.32. The number of aromatic nitrogens is 3. The second-order valence-electron chi connectivity index (χ2n) is 8.99. The summed E-state index contributed by atoms with van der Waals surface area (Å²) in [6.45, 7) is 2.76. The largest absolute Gasteiger partial charge is 0.453 e. The van der Waals surface area contributed by atoms with E-state index in [1.165, 1.54) is 13.3 Å². The topological polar surface area (TPSA) is 166 Å². The second kappa shape index (κ2) is 11.9. The van der Waals surface area contributed by atoms with Crippen LogP contribution < -0.4 is 11.1 Å². The summed E-state index contributed by atoms with van der Waals surface area (Å²) in [5.74, 6) is -0.373. The summed E-state index contributed by atoms with van der Waals surface area (Å²) in [5.41, 5.74) is 8.59. The van der Waals surface area contributed by atoms with Gasteiger partial charge in [0.15, 0.2) is 21.3 Å². The molecule has 1 unspecified atom stereocenters. The van der Waals surface area contributed by atoms with Gasteiger partial charge < -0.3 is 20.7 Å². The molecule has 3 aromatic rings. The number of fused-ring (bicyclic) bond motifs is 1. The molecule has 216 valence electrons. The number of alkyl halides is 3. The van der Waals surface area contributed by atoms with E-state index in [1.54, 1.807) is 33.7 Å². The minimum atomic E-state index is -4.64. The first-order valence-electron chi connectivity index (χ1n) is 11.8. The van der Waals surface area contributed by atoms with Crippen LogP contribution in [0.5, 0.6) is 0 Å². The maximum atomic E-state index is 13.0. The molecule has 0 aliphatic carbocycles. The number of aryl methyl sites for hydroxylation is 1. The SMILES string of the molecule is COC(=O)N1CCCC(NC(=O)c2cn3c(-c4cc(S(C)(=O)=O)ccc4C)cnc3c(N)n2)C1.O=CC(F)(F)F. The molecule has 12 nitrogen and oxygen atoms in total. The molecule has 4 rings (SSSR count). The number of amides is 2. The Morgan fingerprint density at radius 1 is 1.27 bits per heavy atom. The summed E-state index contributed by atoms with van der Waals surface area (Å²) in [7, 11) is -2.09. The van der Waals surface area contributed by atoms with E-state index < -0.39 is 34.3 Å². The summed E-state index contributed by atoms with van der Waals surface area (Å²) in [5, 5.41) is 2.91. The summed E-state index contributed by atoms with van der Waals surface area (Å²) in [6, 6.07) is 4.59. The molecule has 0 spiro atoms. The Hall–Kier alpha value is -4.21. The van der Waals surface area contributed by atoms with Gasteiger partial charge in [0.2, 0.25) is 6.29 Å². The molecule has 0 radical (unpaired) electrons. The Bertz CT molecular complexity index is 1540. The van der Waals surface area contributed by atoms with Gasteiger partial charge in [0.25, 0.3) is 5.91 Å². The van der Waals surface area contributed by atoms with E-state index in [0.29, 0.717) is 36.4 Å². The molecule has 1 aliphatic rings. The number of aldehydes is 1. The zero-order valence-electron chi connectivity index (χ0n) is 21.7. The van der Waals surface area contributed by atoms with Gasteiger partial charge in [-0.3, -0.25) is 14.0 Å². The first-order chi connectivity index (χ1) is 18.6. The lowest BCUT2D eigenvalue weighted by molar-refractivity contribution is -0.156. The Morgan fingerprint density at radius 3 is 2.55 bits per heavy atom. The fourth-order valence-corrected chi connectivity index (χ4v) is 4.72. The number of carbonyl (C=O) groups is 3. The lowest BCUT2D eigenvalue weighted by Crippen LogP contribution is -2.49. The van der Waals surface area contributed by atoms with E-state index >= 15 is 0 Å². The number of rotatable bonds is 4. The highest BCUT2D eigenvalue weighted by molar-refractivity contribution is 7.90. The van der Waals surface area contributed by atoms with Crippen molar-refractivity contribution in [2.75, 3.05) is 32.2 Å². The van der Waals surface area contributed by atoms with Crippen molar-refractivity contribution in [1.29, 1.82) is 0 Å². The maximum absolute atomic E-state index is 13.0. The Morgan fingerprint density at radius 2 is 1.95 bits per heavy atom. The second-order valence-corrected chi connectivity index (χ2v) is 11.0. The standard InChI is InChI=1S/C22H26N6O5S.C2HF3O/c1-13-6-7-15(34(3,31)32)9-16(13)18-10-24-20-19(23)26-17(12-28(18)20)21(29)25-14-5-4-8-27(11-14)22(30)33-2;3-2(4,5)1-6/h6-7,9-10,12,14H,4-5,8,11H2,1-3H3,(H2,23,26)(H,25,29);1H. The summed E-state index contributed by atoms with van der Waals surface area (Å²) >= 11 is 0. The van der Waals surface area contributed by atoms with Crippen LogP contribution in [0.2, 0.25) is 0 Å². The number of nitrogen functional groups attached to an aromatic ring is 1. The molecular formula is C24H27F3N6O6S. The van der Waals surface area contributed by atoms with Crippen molar-refractivity contribution in [1.82, 2.24) is 24.6 Å². The maximum Gasteiger partial charge on any atom is 0.446 e. The molecule has 40 heavy (non-hydrogen) atoms. The fourth-order valence-electron chi connectivity index (χ4n) is 4.08. The van der Waals surface area contributed by atoms with Crippen LogP contribution in [0.15, 0.2) is 35.5 Å². The van der Waals surface area contributed by atoms with Crippen molar-refractivity contribution in [3.8, 4) is 11.3 Å². The number of ether oxygens (including phenoxy) is 1. The van der Waals surface area contributed by atoms with Gasteiger partial charge in [-0.25, -0.2) is 23.2 Å². The van der Waals surface area contributed by atoms with Crippen LogP contribution >= 0.6 is 0 Å². The highest BCUT2D eigenvalue weighted by atomic mass is 32.2. The predicted octanol–water partition coefficient (Wildman–Crippen LogP) is 2.40. The number of hydrogen-bond donors (Lipinski definition) is 2. The van der Waals surface area contributed by atoms with Crippen molar-refractivity contribution in [3.63, 3.8) is 0 Å². The van der Waals surface area contributed by atoms with Gasteiger partial charge in [0, 0.05) is 37.1 Å². The van der Waals surface area contributed by atoms with Crippen LogP contribution in [0.1, 0.15) is 28.9 Å². The number of halogens is 3. The lowest BCUT2D eigenvalue weighted by atomic mass is 10.1. The normalized spacial score (nSPS) is 15.7. The van der Waals surface area contributed by atoms with E-state index in [-0.39, 0.29) is 22.4 Å². The van der Waals surface area contributed by atoms with E-state index in [9.17, 15) is 31.2 Å². The number of piperidine rings is 1. The Labute approximate surface area is 227 Å². The van der Waals surface area contributed by atoms with E-state index in [2.05, 4.69) is 15.3 Å². The number of imidazole rings is 1. The van der Waals surface area contributed by atoms with Crippen molar-refractivity contribution >= 4 is 39.6 Å². The Kier molecular flexibility index (Phi) is 9.02. The number of benzene rings is 1. The predicted molar refractivity (Wildman–Crippen MR) is 137 cm³/mol. The number of nitrogens with one attached hydrogen (secondary N) is 1. The van der Waals surface area contributed by atoms with Gasteiger partial charge >= 0.3 is 12.3 Å². The third kappa shape index (κ3) is 7.25. The lowest BCUT2D eigenvalue weighted by Gasteiger charge is -2.32. The van der Waals surface area contributed by atoms with Gasteiger partial charge in [-0.1, -0.05) is 6.07 Å². The summed E-state index contributed by atoms with van der Waals surface area (Å²) in [4.78, 5) is 43.8. The molecule has 0 saturated carbocycles. The van der Waals surface area contributed by atoms with Gasteiger partial charge in [-0.05, 0) is 37.5 Å². The van der Waals surface area contributed by atoms with Crippen LogP contribution in [0.3, 0.4) is 0 Å². The molecule has 3 heterocycles. The molecule has 1 aliphatic heterocycles. The number of nitrogens with zero attached hydrogens (tertiary/aromatic N) is 4. The molecule has 1 atom stereocenters. The minimum Gasteiger partial charge on any atom is -0.453 e. The van der Waals surface area contributed by atoms with Crippen LogP contribution in [-0.2, 0) is 19.4 Å². The van der Waals surface area contributed by atoms with E-state index in [1.807, 2.05) is 6.92 Å². The van der Waals surface area contributed by atoms with Gasteiger partial charge in [0.05, 0.1) is 23.9 Å². The monoisotopic (exact) mass is 584 g/mol. The Balaban J connectivity index is 0.000000663. The molecule has 3 N–H and O–H groups in total. The van der Waals surface area contributed by atoms with Crippen molar-refractivity contribution in [2.45, 2.75) is 36.9 Å². The van der Waals surface area contributed by atoms with E-state index in [4.69, 9.17) is 15.3 Å². The first-order valence-corrected chi connectivity index (χ1v) is 13.6. The number of likely N-dealkylation sites (tertiary alicyclic amines) is 1. The third-order valence-corrected chi connectivity index (χ3v) is 7.10. The molecule has 1 aromatic carbocycles. The minimum absolute atomic E-state index is 0.0654. The number of nitrogens with two attached hydrogens (primary N) is 1. The molecular weight excluding hydrogens is 557 g/mol. The molecule has 2 amide bonds. The fraction of sp³-hybridized carbons (Fsp3) is 0.375. The molecule has 16 heteroatoms. The van der Waals surface area contributed by atoms with Crippen molar-refractivity contribution in [2.24, 2.45) is 0 Å². The molecule has 0 bridgehead atoms. The molecule has 2 aromatic heterocycles. The van der Waals surface area contributed by atoms with Gasteiger partial charge in [0.1, 0.15) is 5.69 Å². The molecule has 1 fully saturated rings. The third-order valence-electron chi connectivity index (χ3n) is 5.99. The van der Waals surface area contributed by atoms with Gasteiger partial charge in [-0.2, -0.15) is 13.2 Å². The number of anilines is 1. The summed E-state index contributed by atoms with van der Waals surface area (Å²) < 4.78 is 61.8. The zero-order valence-corrected chi connectivity index (χ0v) is 22.5. The van der Waals surface area contributed by atoms with Crippen LogP contribution in [0.25, 0.3) is 16.9 Å². The first kappa shape index (κ1) is 30.3. The van der Waals surface area contributed by atoms with Crippen molar-refractivity contribution < 1.29 is 40.7 Å². The average molecular weight is 585 g/mol. The van der Waals surface area contributed by atoms with E-state index in [0.717, 1.165) is 18.2 Å². The van der Waals surface area contributed by atoms with Crippen LogP contribution in [0.4, 0.5) is 23.8 Å². The number of carbonyl (C=O) groups excluding carboxylic acids is 3. The zero-order chi connectivity index (χ0) is 29.8. The van der Waals surface area contributed by atoms with Gasteiger partial charge in [-0.15, -0.1) is 0 Å². The number of hydrogen-bond acceptors (Lipinski definition) is 9. The summed E-state index contributed by atoms with van der Waals surface area (Å²) in [6.07, 6.45) is -0.450. The van der Waals surface area contributed by atoms with Crippen LogP contribution in [0, 0.1) is 6.92 Å². The quantitative estimate of drug-likeness (QED) is 0.438. The number of sulfone groups is 1.